The zero-order valence-corrected chi connectivity index (χ0v) is 18.4. The van der Waals surface area contributed by atoms with E-state index in [4.69, 9.17) is 4.74 Å². The van der Waals surface area contributed by atoms with Crippen molar-refractivity contribution in [1.29, 1.82) is 0 Å². The fraction of sp³-hybridized carbons (Fsp3) is 0.273. The van der Waals surface area contributed by atoms with Gasteiger partial charge in [-0.1, -0.05) is 36.0 Å². The molecule has 1 aromatic heterocycles. The maximum Gasteiger partial charge on any atom is 0.416 e. The van der Waals surface area contributed by atoms with Gasteiger partial charge in [0, 0.05) is 11.8 Å². The lowest BCUT2D eigenvalue weighted by Gasteiger charge is -2.15. The second kappa shape index (κ2) is 9.32. The molecular formula is C22H20F3NO3S2. The first-order valence-electron chi connectivity index (χ1n) is 9.32. The predicted octanol–water partition coefficient (Wildman–Crippen LogP) is 6.41. The van der Waals surface area contributed by atoms with E-state index in [1.807, 2.05) is 5.38 Å². The lowest BCUT2D eigenvalue weighted by atomic mass is 10.0. The standard InChI is InChI=1S/C22H20F3NO3S2/c1-21(2,19(27)28)31-20-26-17(13-30-20)10-11-29-18-8-6-14(7-9-18)15-4-3-5-16(12-15)22(23,24)25/h3-9,12-13H,10-11H2,1-2H3,(H,27,28). The van der Waals surface area contributed by atoms with E-state index in [2.05, 4.69) is 4.98 Å². The second-order valence-corrected chi connectivity index (χ2v) is 9.95. The molecule has 31 heavy (non-hydrogen) atoms. The van der Waals surface area contributed by atoms with Gasteiger partial charge in [-0.2, -0.15) is 13.2 Å². The molecule has 0 aliphatic rings. The van der Waals surface area contributed by atoms with Crippen molar-refractivity contribution in [3.8, 4) is 16.9 Å². The van der Waals surface area contributed by atoms with Crippen LogP contribution in [-0.4, -0.2) is 27.4 Å². The molecule has 1 heterocycles. The van der Waals surface area contributed by atoms with Gasteiger partial charge in [0.15, 0.2) is 4.34 Å². The third-order valence-corrected chi connectivity index (χ3v) is 6.57. The summed E-state index contributed by atoms with van der Waals surface area (Å²) in [6.07, 6.45) is -3.82. The first kappa shape index (κ1) is 23.1. The number of aliphatic carboxylic acids is 1. The Morgan fingerprint density at radius 1 is 1.13 bits per heavy atom. The first-order valence-corrected chi connectivity index (χ1v) is 11.0. The van der Waals surface area contributed by atoms with Crippen LogP contribution in [0.15, 0.2) is 58.3 Å². The van der Waals surface area contributed by atoms with Crippen LogP contribution in [0.1, 0.15) is 25.1 Å². The summed E-state index contributed by atoms with van der Waals surface area (Å²) in [5.74, 6) is -0.293. The van der Waals surface area contributed by atoms with Crippen LogP contribution in [0, 0.1) is 0 Å². The van der Waals surface area contributed by atoms with Crippen molar-refractivity contribution >= 4 is 29.1 Å². The van der Waals surface area contributed by atoms with E-state index in [-0.39, 0.29) is 0 Å². The van der Waals surface area contributed by atoms with E-state index in [1.165, 1.54) is 29.2 Å². The lowest BCUT2D eigenvalue weighted by molar-refractivity contribution is -0.139. The van der Waals surface area contributed by atoms with Gasteiger partial charge in [0.25, 0.3) is 0 Å². The van der Waals surface area contributed by atoms with Crippen molar-refractivity contribution in [2.75, 3.05) is 6.61 Å². The van der Waals surface area contributed by atoms with Gasteiger partial charge < -0.3 is 9.84 Å². The average molecular weight is 468 g/mol. The average Bonchev–Trinajstić information content (AvgIpc) is 3.14. The SMILES string of the molecule is CC(C)(Sc1nc(CCOc2ccc(-c3cccc(C(F)(F)F)c3)cc2)cs1)C(=O)O. The fourth-order valence-electron chi connectivity index (χ4n) is 2.60. The molecule has 1 N–H and O–H groups in total. The van der Waals surface area contributed by atoms with E-state index in [1.54, 1.807) is 44.2 Å². The van der Waals surface area contributed by atoms with Crippen molar-refractivity contribution in [1.82, 2.24) is 4.98 Å². The van der Waals surface area contributed by atoms with E-state index < -0.39 is 22.5 Å². The highest BCUT2D eigenvalue weighted by atomic mass is 32.2. The van der Waals surface area contributed by atoms with Crippen LogP contribution in [0.25, 0.3) is 11.1 Å². The Kier molecular flexibility index (Phi) is 6.96. The number of nitrogens with zero attached hydrogens (tertiary/aromatic N) is 1. The van der Waals surface area contributed by atoms with Crippen molar-refractivity contribution in [3.05, 3.63) is 65.2 Å². The van der Waals surface area contributed by atoms with Crippen molar-refractivity contribution in [3.63, 3.8) is 0 Å². The van der Waals surface area contributed by atoms with Gasteiger partial charge in [-0.25, -0.2) is 4.98 Å². The molecule has 0 aliphatic heterocycles. The van der Waals surface area contributed by atoms with Gasteiger partial charge in [0.2, 0.25) is 0 Å². The summed E-state index contributed by atoms with van der Waals surface area (Å²) in [6.45, 7) is 3.64. The third kappa shape index (κ3) is 6.24. The molecular weight excluding hydrogens is 447 g/mol. The maximum atomic E-state index is 12.9. The Labute approximate surface area is 186 Å². The van der Waals surface area contributed by atoms with Crippen molar-refractivity contribution in [2.45, 2.75) is 35.5 Å². The molecule has 0 unspecified atom stereocenters. The Morgan fingerprint density at radius 2 is 1.84 bits per heavy atom. The number of thioether (sulfide) groups is 1. The highest BCUT2D eigenvalue weighted by Gasteiger charge is 2.31. The molecule has 0 saturated heterocycles. The summed E-state index contributed by atoms with van der Waals surface area (Å²) in [5.41, 5.74) is 1.28. The number of aromatic nitrogens is 1. The zero-order chi connectivity index (χ0) is 22.6. The molecule has 9 heteroatoms. The summed E-state index contributed by atoms with van der Waals surface area (Å²) in [6, 6.07) is 12.1. The van der Waals surface area contributed by atoms with Crippen LogP contribution in [0.2, 0.25) is 0 Å². The molecule has 0 aliphatic carbocycles. The minimum Gasteiger partial charge on any atom is -0.493 e. The van der Waals surface area contributed by atoms with Crippen LogP contribution < -0.4 is 4.74 Å². The summed E-state index contributed by atoms with van der Waals surface area (Å²) < 4.78 is 44.1. The highest BCUT2D eigenvalue weighted by molar-refractivity contribution is 8.02. The monoisotopic (exact) mass is 467 g/mol. The Balaban J connectivity index is 1.55. The van der Waals surface area contributed by atoms with E-state index in [0.717, 1.165) is 17.8 Å². The van der Waals surface area contributed by atoms with Crippen LogP contribution >= 0.6 is 23.1 Å². The highest BCUT2D eigenvalue weighted by Crippen LogP contribution is 2.35. The van der Waals surface area contributed by atoms with Gasteiger partial charge in [-0.3, -0.25) is 4.79 Å². The van der Waals surface area contributed by atoms with Crippen LogP contribution in [0.3, 0.4) is 0 Å². The van der Waals surface area contributed by atoms with E-state index in [0.29, 0.717) is 34.2 Å². The summed E-state index contributed by atoms with van der Waals surface area (Å²) in [4.78, 5) is 15.7. The number of alkyl halides is 3. The Morgan fingerprint density at radius 3 is 2.48 bits per heavy atom. The number of hydrogen-bond acceptors (Lipinski definition) is 5. The van der Waals surface area contributed by atoms with Gasteiger partial charge >= 0.3 is 12.1 Å². The summed E-state index contributed by atoms with van der Waals surface area (Å²) in [7, 11) is 0. The van der Waals surface area contributed by atoms with Crippen LogP contribution in [-0.2, 0) is 17.4 Å². The molecule has 3 aromatic rings. The summed E-state index contributed by atoms with van der Waals surface area (Å²) in [5, 5.41) is 11.1. The van der Waals surface area contributed by atoms with Crippen molar-refractivity contribution < 1.29 is 27.8 Å². The van der Waals surface area contributed by atoms with Gasteiger partial charge in [-0.15, -0.1) is 11.3 Å². The molecule has 4 nitrogen and oxygen atoms in total. The molecule has 0 fully saturated rings. The van der Waals surface area contributed by atoms with Gasteiger partial charge in [0.1, 0.15) is 10.5 Å². The Hall–Kier alpha value is -2.52. The molecule has 0 saturated carbocycles. The fourth-order valence-corrected chi connectivity index (χ4v) is 4.83. The van der Waals surface area contributed by atoms with Crippen LogP contribution in [0.5, 0.6) is 5.75 Å². The number of thiazole rings is 1. The number of hydrogen-bond donors (Lipinski definition) is 1. The number of ether oxygens (including phenoxy) is 1. The topological polar surface area (TPSA) is 59.4 Å². The summed E-state index contributed by atoms with van der Waals surface area (Å²) >= 11 is 2.60. The molecule has 0 bridgehead atoms. The molecule has 3 rings (SSSR count). The van der Waals surface area contributed by atoms with Gasteiger partial charge in [-0.05, 0) is 49.2 Å². The molecule has 2 aromatic carbocycles. The number of halogens is 3. The number of rotatable bonds is 8. The molecule has 0 radical (unpaired) electrons. The minimum atomic E-state index is -4.38. The smallest absolute Gasteiger partial charge is 0.416 e. The minimum absolute atomic E-state index is 0.374. The molecule has 0 spiro atoms. The molecule has 0 atom stereocenters. The maximum absolute atomic E-state index is 12.9. The quantitative estimate of drug-likeness (QED) is 0.388. The zero-order valence-electron chi connectivity index (χ0n) is 16.8. The third-order valence-electron chi connectivity index (χ3n) is 4.39. The Bertz CT molecular complexity index is 1050. The molecule has 164 valence electrons. The lowest BCUT2D eigenvalue weighted by Crippen LogP contribution is -2.26. The number of carboxylic acid groups (broad SMARTS) is 1. The van der Waals surface area contributed by atoms with Crippen molar-refractivity contribution in [2.24, 2.45) is 0 Å². The van der Waals surface area contributed by atoms with E-state index in [9.17, 15) is 23.1 Å². The number of carboxylic acids is 1. The largest absolute Gasteiger partial charge is 0.493 e. The number of benzene rings is 2. The molecule has 0 amide bonds. The van der Waals surface area contributed by atoms with Gasteiger partial charge in [0.05, 0.1) is 17.9 Å². The van der Waals surface area contributed by atoms with E-state index >= 15 is 0 Å². The number of carbonyl (C=O) groups is 1. The predicted molar refractivity (Wildman–Crippen MR) is 116 cm³/mol. The normalized spacial score (nSPS) is 12.0. The van der Waals surface area contributed by atoms with Crippen LogP contribution in [0.4, 0.5) is 13.2 Å². The second-order valence-electron chi connectivity index (χ2n) is 7.22. The first-order chi connectivity index (χ1) is 14.5.